The second kappa shape index (κ2) is 8.64. The van der Waals surface area contributed by atoms with Crippen molar-refractivity contribution in [1.29, 1.82) is 0 Å². The summed E-state index contributed by atoms with van der Waals surface area (Å²) in [5.41, 5.74) is 0. The standard InChI is InChI=1S/C10H21NO4/c1-4-15-8-9(12)7-11(2)6-5-10(13)14-3/h9,12H,4-8H2,1-3H3. The summed E-state index contributed by atoms with van der Waals surface area (Å²) in [5, 5.41) is 9.49. The van der Waals surface area contributed by atoms with Crippen LogP contribution in [0, 0.1) is 0 Å². The molecule has 0 aliphatic carbocycles. The molecule has 0 fully saturated rings. The van der Waals surface area contributed by atoms with Gasteiger partial charge < -0.3 is 19.5 Å². The number of esters is 1. The van der Waals surface area contributed by atoms with Gasteiger partial charge in [0.2, 0.25) is 0 Å². The van der Waals surface area contributed by atoms with E-state index in [2.05, 4.69) is 4.74 Å². The molecule has 1 N–H and O–H groups in total. The number of carbonyl (C=O) groups excluding carboxylic acids is 1. The molecule has 0 saturated heterocycles. The zero-order chi connectivity index (χ0) is 11.7. The van der Waals surface area contributed by atoms with Crippen molar-refractivity contribution < 1.29 is 19.4 Å². The van der Waals surface area contributed by atoms with Gasteiger partial charge in [-0.15, -0.1) is 0 Å². The zero-order valence-corrected chi connectivity index (χ0v) is 9.73. The third kappa shape index (κ3) is 8.35. The molecule has 5 heteroatoms. The molecule has 0 aromatic carbocycles. The van der Waals surface area contributed by atoms with Crippen molar-refractivity contribution in [3.8, 4) is 0 Å². The highest BCUT2D eigenvalue weighted by atomic mass is 16.5. The van der Waals surface area contributed by atoms with Gasteiger partial charge in [-0.2, -0.15) is 0 Å². The average molecular weight is 219 g/mol. The summed E-state index contributed by atoms with van der Waals surface area (Å²) >= 11 is 0. The van der Waals surface area contributed by atoms with E-state index < -0.39 is 6.10 Å². The Hall–Kier alpha value is -0.650. The Bertz CT molecular complexity index is 175. The Morgan fingerprint density at radius 1 is 1.53 bits per heavy atom. The van der Waals surface area contributed by atoms with Crippen LogP contribution < -0.4 is 0 Å². The van der Waals surface area contributed by atoms with Crippen molar-refractivity contribution in [2.75, 3.05) is 40.5 Å². The van der Waals surface area contributed by atoms with E-state index in [1.807, 2.05) is 18.9 Å². The molecule has 0 aromatic heterocycles. The first-order chi connectivity index (χ1) is 7.10. The van der Waals surface area contributed by atoms with Crippen LogP contribution in [-0.2, 0) is 14.3 Å². The molecular weight excluding hydrogens is 198 g/mol. The Kier molecular flexibility index (Phi) is 8.27. The normalized spacial score (nSPS) is 12.9. The lowest BCUT2D eigenvalue weighted by molar-refractivity contribution is -0.141. The summed E-state index contributed by atoms with van der Waals surface area (Å²) in [6.45, 7) is 3.89. The van der Waals surface area contributed by atoms with E-state index in [-0.39, 0.29) is 5.97 Å². The van der Waals surface area contributed by atoms with Gasteiger partial charge in [-0.25, -0.2) is 0 Å². The summed E-state index contributed by atoms with van der Waals surface area (Å²) < 4.78 is 9.59. The largest absolute Gasteiger partial charge is 0.469 e. The molecule has 90 valence electrons. The molecule has 1 atom stereocenters. The maximum Gasteiger partial charge on any atom is 0.306 e. The highest BCUT2D eigenvalue weighted by molar-refractivity contribution is 5.69. The number of ether oxygens (including phenoxy) is 2. The lowest BCUT2D eigenvalue weighted by atomic mass is 10.3. The molecule has 0 radical (unpaired) electrons. The van der Waals surface area contributed by atoms with Crippen molar-refractivity contribution >= 4 is 5.97 Å². The van der Waals surface area contributed by atoms with Crippen LogP contribution in [0.4, 0.5) is 0 Å². The number of hydrogen-bond acceptors (Lipinski definition) is 5. The monoisotopic (exact) mass is 219 g/mol. The number of aliphatic hydroxyl groups is 1. The maximum absolute atomic E-state index is 10.8. The van der Waals surface area contributed by atoms with Gasteiger partial charge in [0, 0.05) is 19.7 Å². The summed E-state index contributed by atoms with van der Waals surface area (Å²) in [6, 6.07) is 0. The third-order valence-electron chi connectivity index (χ3n) is 1.96. The van der Waals surface area contributed by atoms with Gasteiger partial charge >= 0.3 is 5.97 Å². The molecule has 5 nitrogen and oxygen atoms in total. The van der Waals surface area contributed by atoms with Crippen molar-refractivity contribution in [3.63, 3.8) is 0 Å². The molecule has 0 heterocycles. The van der Waals surface area contributed by atoms with Gasteiger partial charge in [-0.05, 0) is 14.0 Å². The summed E-state index contributed by atoms with van der Waals surface area (Å²) in [7, 11) is 3.21. The minimum absolute atomic E-state index is 0.235. The molecule has 0 bridgehead atoms. The Labute approximate surface area is 91.0 Å². The van der Waals surface area contributed by atoms with Crippen LogP contribution in [0.5, 0.6) is 0 Å². The number of aliphatic hydroxyl groups excluding tert-OH is 1. The van der Waals surface area contributed by atoms with Crippen molar-refractivity contribution in [1.82, 2.24) is 4.90 Å². The molecule has 0 aliphatic rings. The van der Waals surface area contributed by atoms with Gasteiger partial charge in [0.05, 0.1) is 26.2 Å². The number of carbonyl (C=O) groups is 1. The fourth-order valence-electron chi connectivity index (χ4n) is 1.14. The summed E-state index contributed by atoms with van der Waals surface area (Å²) in [5.74, 6) is -0.235. The van der Waals surface area contributed by atoms with Crippen LogP contribution in [0.1, 0.15) is 13.3 Å². The number of rotatable bonds is 8. The second-order valence-electron chi connectivity index (χ2n) is 3.40. The van der Waals surface area contributed by atoms with E-state index >= 15 is 0 Å². The van der Waals surface area contributed by atoms with Crippen LogP contribution in [-0.4, -0.2) is 62.5 Å². The van der Waals surface area contributed by atoms with E-state index in [9.17, 15) is 9.90 Å². The highest BCUT2D eigenvalue weighted by Crippen LogP contribution is 1.94. The molecule has 0 aliphatic heterocycles. The van der Waals surface area contributed by atoms with E-state index in [0.29, 0.717) is 32.7 Å². The smallest absolute Gasteiger partial charge is 0.306 e. The molecule has 0 saturated carbocycles. The number of likely N-dealkylation sites (N-methyl/N-ethyl adjacent to an activating group) is 1. The molecule has 0 rings (SSSR count). The van der Waals surface area contributed by atoms with Crippen molar-refractivity contribution in [3.05, 3.63) is 0 Å². The topological polar surface area (TPSA) is 59.0 Å². The molecule has 0 aromatic rings. The predicted octanol–water partition coefficient (Wildman–Crippen LogP) is -0.121. The minimum Gasteiger partial charge on any atom is -0.469 e. The quantitative estimate of drug-likeness (QED) is 0.577. The first-order valence-electron chi connectivity index (χ1n) is 5.11. The molecule has 1 unspecified atom stereocenters. The first kappa shape index (κ1) is 14.3. The fourth-order valence-corrected chi connectivity index (χ4v) is 1.14. The number of nitrogens with zero attached hydrogens (tertiary/aromatic N) is 1. The van der Waals surface area contributed by atoms with Crippen molar-refractivity contribution in [2.24, 2.45) is 0 Å². The van der Waals surface area contributed by atoms with Crippen LogP contribution in [0.25, 0.3) is 0 Å². The van der Waals surface area contributed by atoms with E-state index in [4.69, 9.17) is 4.74 Å². The number of methoxy groups -OCH3 is 1. The summed E-state index contributed by atoms with van der Waals surface area (Å²) in [6.07, 6.45) is -0.165. The van der Waals surface area contributed by atoms with Crippen LogP contribution in [0.3, 0.4) is 0 Å². The lowest BCUT2D eigenvalue weighted by Crippen LogP contribution is -2.33. The average Bonchev–Trinajstić information content (AvgIpc) is 2.22. The van der Waals surface area contributed by atoms with Gasteiger partial charge in [-0.1, -0.05) is 0 Å². The van der Waals surface area contributed by atoms with Gasteiger partial charge in [0.25, 0.3) is 0 Å². The van der Waals surface area contributed by atoms with Crippen LogP contribution >= 0.6 is 0 Å². The van der Waals surface area contributed by atoms with Gasteiger partial charge in [-0.3, -0.25) is 4.79 Å². The van der Waals surface area contributed by atoms with Crippen LogP contribution in [0.15, 0.2) is 0 Å². The maximum atomic E-state index is 10.8. The summed E-state index contributed by atoms with van der Waals surface area (Å²) in [4.78, 5) is 12.7. The first-order valence-corrected chi connectivity index (χ1v) is 5.11. The van der Waals surface area contributed by atoms with E-state index in [1.165, 1.54) is 7.11 Å². The minimum atomic E-state index is -0.507. The molecule has 15 heavy (non-hydrogen) atoms. The molecular formula is C10H21NO4. The fraction of sp³-hybridized carbons (Fsp3) is 0.900. The predicted molar refractivity (Wildman–Crippen MR) is 56.6 cm³/mol. The highest BCUT2D eigenvalue weighted by Gasteiger charge is 2.09. The van der Waals surface area contributed by atoms with Gasteiger partial charge in [0.1, 0.15) is 0 Å². The second-order valence-corrected chi connectivity index (χ2v) is 3.40. The third-order valence-corrected chi connectivity index (χ3v) is 1.96. The number of hydrogen-bond donors (Lipinski definition) is 1. The van der Waals surface area contributed by atoms with Gasteiger partial charge in [0.15, 0.2) is 0 Å². The zero-order valence-electron chi connectivity index (χ0n) is 9.73. The van der Waals surface area contributed by atoms with E-state index in [1.54, 1.807) is 0 Å². The Morgan fingerprint density at radius 2 is 2.20 bits per heavy atom. The van der Waals surface area contributed by atoms with E-state index in [0.717, 1.165) is 0 Å². The Morgan fingerprint density at radius 3 is 2.73 bits per heavy atom. The Balaban J connectivity index is 3.54. The van der Waals surface area contributed by atoms with Crippen LogP contribution in [0.2, 0.25) is 0 Å². The molecule has 0 amide bonds. The SMILES string of the molecule is CCOCC(O)CN(C)CCC(=O)OC. The lowest BCUT2D eigenvalue weighted by Gasteiger charge is -2.19. The van der Waals surface area contributed by atoms with Crippen molar-refractivity contribution in [2.45, 2.75) is 19.4 Å². The molecule has 0 spiro atoms.